The lowest BCUT2D eigenvalue weighted by atomic mass is 9.87. The van der Waals surface area contributed by atoms with E-state index in [2.05, 4.69) is 24.3 Å². The fourth-order valence-corrected chi connectivity index (χ4v) is 4.06. The molecule has 2 nitrogen and oxygen atoms in total. The van der Waals surface area contributed by atoms with Gasteiger partial charge in [0.25, 0.3) is 0 Å². The fraction of sp³-hybridized carbons (Fsp3) is 0.154. The van der Waals surface area contributed by atoms with Crippen molar-refractivity contribution in [1.29, 1.82) is 0 Å². The largest absolute Gasteiger partial charge is 0.456 e. The molecule has 2 heteroatoms. The summed E-state index contributed by atoms with van der Waals surface area (Å²) in [5.74, 6) is 3.71. The number of hydrogen-bond acceptors (Lipinski definition) is 2. The van der Waals surface area contributed by atoms with E-state index in [0.717, 1.165) is 46.6 Å². The smallest absolute Gasteiger partial charge is 0.138 e. The van der Waals surface area contributed by atoms with Crippen LogP contribution < -0.4 is 9.47 Å². The molecule has 0 fully saturated rings. The zero-order valence-corrected chi connectivity index (χ0v) is 15.7. The van der Waals surface area contributed by atoms with Crippen LogP contribution in [0.2, 0.25) is 0 Å². The Bertz CT molecular complexity index is 1010. The van der Waals surface area contributed by atoms with E-state index >= 15 is 0 Å². The predicted octanol–water partition coefficient (Wildman–Crippen LogP) is 7.30. The van der Waals surface area contributed by atoms with E-state index in [9.17, 15) is 0 Å². The van der Waals surface area contributed by atoms with E-state index in [1.165, 1.54) is 24.0 Å². The molecule has 1 aliphatic rings. The van der Waals surface area contributed by atoms with E-state index < -0.39 is 0 Å². The lowest BCUT2D eigenvalue weighted by molar-refractivity contribution is 0.458. The van der Waals surface area contributed by atoms with Crippen LogP contribution in [0.3, 0.4) is 0 Å². The summed E-state index contributed by atoms with van der Waals surface area (Å²) in [6.07, 6.45) is 4.41. The monoisotopic (exact) mass is 366 g/mol. The zero-order chi connectivity index (χ0) is 18.8. The number of para-hydroxylation sites is 2. The highest BCUT2D eigenvalue weighted by atomic mass is 16.5. The molecule has 28 heavy (non-hydrogen) atoms. The van der Waals surface area contributed by atoms with Gasteiger partial charge in [-0.25, -0.2) is 0 Å². The summed E-state index contributed by atoms with van der Waals surface area (Å²) in [5.41, 5.74) is 2.58. The summed E-state index contributed by atoms with van der Waals surface area (Å²) in [6, 6.07) is 28.5. The summed E-state index contributed by atoms with van der Waals surface area (Å²) < 4.78 is 12.9. The Morgan fingerprint density at radius 3 is 1.29 bits per heavy atom. The third-order valence-corrected chi connectivity index (χ3v) is 5.36. The molecule has 0 unspecified atom stereocenters. The molecule has 0 saturated carbocycles. The summed E-state index contributed by atoms with van der Waals surface area (Å²) >= 11 is 0. The molecule has 0 spiro atoms. The van der Waals surface area contributed by atoms with Gasteiger partial charge in [-0.2, -0.15) is 0 Å². The minimum atomic E-state index is 0.872. The Labute approximate surface area is 165 Å². The summed E-state index contributed by atoms with van der Waals surface area (Å²) in [6.45, 7) is 0. The Kier molecular flexibility index (Phi) is 4.46. The van der Waals surface area contributed by atoms with Crippen LogP contribution >= 0.6 is 0 Å². The molecular weight excluding hydrogens is 344 g/mol. The molecule has 1 aliphatic carbocycles. The number of fused-ring (bicyclic) bond motifs is 2. The van der Waals surface area contributed by atoms with Crippen LogP contribution in [0.4, 0.5) is 0 Å². The maximum atomic E-state index is 6.44. The minimum Gasteiger partial charge on any atom is -0.456 e. The van der Waals surface area contributed by atoms with E-state index in [0.29, 0.717) is 0 Å². The quantitative estimate of drug-likeness (QED) is 0.377. The Balaban J connectivity index is 1.72. The van der Waals surface area contributed by atoms with E-state index in [1.807, 2.05) is 60.7 Å². The summed E-state index contributed by atoms with van der Waals surface area (Å²) in [7, 11) is 0. The predicted molar refractivity (Wildman–Crippen MR) is 114 cm³/mol. The van der Waals surface area contributed by atoms with Crippen molar-refractivity contribution in [2.75, 3.05) is 0 Å². The van der Waals surface area contributed by atoms with Gasteiger partial charge >= 0.3 is 0 Å². The molecule has 5 rings (SSSR count). The highest BCUT2D eigenvalue weighted by Crippen LogP contribution is 2.46. The molecule has 0 aliphatic heterocycles. The van der Waals surface area contributed by atoms with Crippen molar-refractivity contribution in [1.82, 2.24) is 0 Å². The molecule has 0 aromatic heterocycles. The maximum Gasteiger partial charge on any atom is 0.138 e. The van der Waals surface area contributed by atoms with Crippen molar-refractivity contribution in [2.45, 2.75) is 25.7 Å². The lowest BCUT2D eigenvalue weighted by Crippen LogP contribution is -2.08. The molecular formula is C26H22O2. The van der Waals surface area contributed by atoms with E-state index in [-0.39, 0.29) is 0 Å². The van der Waals surface area contributed by atoms with Crippen LogP contribution in [-0.4, -0.2) is 0 Å². The molecule has 4 aromatic rings. The van der Waals surface area contributed by atoms with Crippen LogP contribution in [0.15, 0.2) is 84.9 Å². The first-order chi connectivity index (χ1) is 13.9. The number of hydrogen-bond donors (Lipinski definition) is 0. The summed E-state index contributed by atoms with van der Waals surface area (Å²) in [5, 5.41) is 2.22. The van der Waals surface area contributed by atoms with Gasteiger partial charge in [0.15, 0.2) is 0 Å². The van der Waals surface area contributed by atoms with Crippen LogP contribution in [0.5, 0.6) is 23.0 Å². The van der Waals surface area contributed by atoms with Crippen LogP contribution in [-0.2, 0) is 12.8 Å². The van der Waals surface area contributed by atoms with E-state index in [4.69, 9.17) is 9.47 Å². The van der Waals surface area contributed by atoms with Gasteiger partial charge in [-0.3, -0.25) is 0 Å². The molecule has 0 amide bonds. The number of rotatable bonds is 4. The van der Waals surface area contributed by atoms with Crippen molar-refractivity contribution in [3.63, 3.8) is 0 Å². The first-order valence-corrected chi connectivity index (χ1v) is 9.92. The molecule has 0 bridgehead atoms. The SMILES string of the molecule is c1ccc(Oc2c3c(c(Oc4ccccc4)c4ccccc24)CCCC3)cc1. The molecule has 138 valence electrons. The van der Waals surface area contributed by atoms with Crippen molar-refractivity contribution >= 4 is 10.8 Å². The second kappa shape index (κ2) is 7.40. The molecule has 0 radical (unpaired) electrons. The average Bonchev–Trinajstić information content (AvgIpc) is 2.77. The number of ether oxygens (including phenoxy) is 2. The topological polar surface area (TPSA) is 18.5 Å². The molecule has 0 N–H and O–H groups in total. The van der Waals surface area contributed by atoms with Gasteiger partial charge in [-0.1, -0.05) is 60.7 Å². The van der Waals surface area contributed by atoms with Crippen LogP contribution in [0, 0.1) is 0 Å². The van der Waals surface area contributed by atoms with Gasteiger partial charge in [-0.15, -0.1) is 0 Å². The van der Waals surface area contributed by atoms with Gasteiger partial charge < -0.3 is 9.47 Å². The normalized spacial score (nSPS) is 13.1. The second-order valence-corrected chi connectivity index (χ2v) is 7.20. The first kappa shape index (κ1) is 16.9. The highest BCUT2D eigenvalue weighted by molar-refractivity contribution is 5.96. The van der Waals surface area contributed by atoms with Gasteiger partial charge in [0.2, 0.25) is 0 Å². The van der Waals surface area contributed by atoms with Gasteiger partial charge in [0, 0.05) is 21.9 Å². The molecule has 0 heterocycles. The van der Waals surface area contributed by atoms with Crippen molar-refractivity contribution in [2.24, 2.45) is 0 Å². The van der Waals surface area contributed by atoms with Crippen molar-refractivity contribution in [3.05, 3.63) is 96.1 Å². The van der Waals surface area contributed by atoms with Gasteiger partial charge in [0.1, 0.15) is 23.0 Å². The Hall–Kier alpha value is -3.26. The molecule has 0 saturated heterocycles. The van der Waals surface area contributed by atoms with Crippen LogP contribution in [0.1, 0.15) is 24.0 Å². The highest BCUT2D eigenvalue weighted by Gasteiger charge is 2.24. The maximum absolute atomic E-state index is 6.44. The third-order valence-electron chi connectivity index (χ3n) is 5.36. The zero-order valence-electron chi connectivity index (χ0n) is 15.7. The average molecular weight is 366 g/mol. The summed E-state index contributed by atoms with van der Waals surface area (Å²) in [4.78, 5) is 0. The van der Waals surface area contributed by atoms with E-state index in [1.54, 1.807) is 0 Å². The van der Waals surface area contributed by atoms with Crippen molar-refractivity contribution < 1.29 is 9.47 Å². The first-order valence-electron chi connectivity index (χ1n) is 9.92. The third kappa shape index (κ3) is 3.11. The standard InChI is InChI=1S/C26H22O2/c1-3-11-19(12-4-1)27-25-21-15-7-9-17-23(21)26(24-18-10-8-16-22(24)25)28-20-13-5-2-6-14-20/h1-7,9,11-15,17H,8,10,16,18H2. The Morgan fingerprint density at radius 2 is 0.857 bits per heavy atom. The fourth-order valence-electron chi connectivity index (χ4n) is 4.06. The van der Waals surface area contributed by atoms with Gasteiger partial charge in [0.05, 0.1) is 0 Å². The molecule has 4 aromatic carbocycles. The van der Waals surface area contributed by atoms with Gasteiger partial charge in [-0.05, 0) is 49.9 Å². The molecule has 0 atom stereocenters. The van der Waals surface area contributed by atoms with Crippen molar-refractivity contribution in [3.8, 4) is 23.0 Å². The van der Waals surface area contributed by atoms with Crippen LogP contribution in [0.25, 0.3) is 10.8 Å². The minimum absolute atomic E-state index is 0.872. The lowest BCUT2D eigenvalue weighted by Gasteiger charge is -2.25. The number of benzene rings is 4. The Morgan fingerprint density at radius 1 is 0.464 bits per heavy atom. The second-order valence-electron chi connectivity index (χ2n) is 7.20.